The molecule has 0 spiro atoms. The predicted octanol–water partition coefficient (Wildman–Crippen LogP) is 4.38. The maximum atomic E-state index is 5.39. The fourth-order valence-corrected chi connectivity index (χ4v) is 2.14. The molecule has 0 saturated carbocycles. The number of rotatable bonds is 7. The van der Waals surface area contributed by atoms with Gasteiger partial charge in [-0.2, -0.15) is 0 Å². The van der Waals surface area contributed by atoms with Crippen LogP contribution in [-0.4, -0.2) is 13.2 Å². The first-order chi connectivity index (χ1) is 8.21. The van der Waals surface area contributed by atoms with E-state index in [-0.39, 0.29) is 0 Å². The van der Waals surface area contributed by atoms with Gasteiger partial charge in [0.25, 0.3) is 0 Å². The van der Waals surface area contributed by atoms with Crippen molar-refractivity contribution in [1.82, 2.24) is 0 Å². The Labute approximate surface area is 105 Å². The Morgan fingerprint density at radius 2 is 1.82 bits per heavy atom. The lowest BCUT2D eigenvalue weighted by Gasteiger charge is -2.20. The van der Waals surface area contributed by atoms with Gasteiger partial charge in [0, 0.05) is 6.04 Å². The highest BCUT2D eigenvalue weighted by atomic mass is 16.5. The number of benzene rings is 1. The van der Waals surface area contributed by atoms with E-state index < -0.39 is 0 Å². The summed E-state index contributed by atoms with van der Waals surface area (Å²) in [6, 6.07) is 6.84. The minimum Gasteiger partial charge on any atom is -0.495 e. The van der Waals surface area contributed by atoms with Crippen LogP contribution in [0, 0.1) is 6.92 Å². The van der Waals surface area contributed by atoms with E-state index in [0.717, 1.165) is 11.4 Å². The van der Waals surface area contributed by atoms with Crippen LogP contribution in [0.4, 0.5) is 5.69 Å². The third-order valence-corrected chi connectivity index (χ3v) is 2.99. The Kier molecular flexibility index (Phi) is 5.88. The molecule has 0 fully saturated rings. The van der Waals surface area contributed by atoms with Crippen molar-refractivity contribution in [3.05, 3.63) is 23.8 Å². The smallest absolute Gasteiger partial charge is 0.141 e. The molecule has 1 aromatic rings. The molecule has 0 amide bonds. The lowest BCUT2D eigenvalue weighted by Crippen LogP contribution is -2.19. The number of ether oxygens (including phenoxy) is 1. The summed E-state index contributed by atoms with van der Waals surface area (Å²) in [7, 11) is 1.73. The lowest BCUT2D eigenvalue weighted by atomic mass is 10.1. The van der Waals surface area contributed by atoms with Gasteiger partial charge in [-0.05, 0) is 37.5 Å². The van der Waals surface area contributed by atoms with Crippen LogP contribution >= 0.6 is 0 Å². The molecule has 0 aliphatic heterocycles. The number of hydrogen-bond donors (Lipinski definition) is 1. The van der Waals surface area contributed by atoms with Crippen LogP contribution in [0.3, 0.4) is 0 Å². The summed E-state index contributed by atoms with van der Waals surface area (Å²) in [4.78, 5) is 0. The van der Waals surface area contributed by atoms with E-state index in [1.165, 1.54) is 31.2 Å². The first-order valence-corrected chi connectivity index (χ1v) is 6.62. The SMILES string of the molecule is CCCC(CCC)Nc1cc(C)ccc1OC. The molecular formula is C15H25NO. The van der Waals surface area contributed by atoms with Gasteiger partial charge in [0.1, 0.15) is 5.75 Å². The quantitative estimate of drug-likeness (QED) is 0.757. The van der Waals surface area contributed by atoms with Crippen molar-refractivity contribution in [3.63, 3.8) is 0 Å². The summed E-state index contributed by atoms with van der Waals surface area (Å²) in [6.07, 6.45) is 4.85. The monoisotopic (exact) mass is 235 g/mol. The molecule has 2 heteroatoms. The molecule has 1 rings (SSSR count). The van der Waals surface area contributed by atoms with Crippen molar-refractivity contribution in [2.24, 2.45) is 0 Å². The maximum absolute atomic E-state index is 5.39. The molecule has 0 aromatic heterocycles. The fraction of sp³-hybridized carbons (Fsp3) is 0.600. The molecule has 0 aliphatic carbocycles. The van der Waals surface area contributed by atoms with Crippen molar-refractivity contribution in [1.29, 1.82) is 0 Å². The van der Waals surface area contributed by atoms with Gasteiger partial charge in [-0.1, -0.05) is 32.8 Å². The van der Waals surface area contributed by atoms with E-state index in [2.05, 4.69) is 38.2 Å². The zero-order valence-electron chi connectivity index (χ0n) is 11.5. The highest BCUT2D eigenvalue weighted by Gasteiger charge is 2.09. The van der Waals surface area contributed by atoms with Gasteiger partial charge in [-0.15, -0.1) is 0 Å². The van der Waals surface area contributed by atoms with Gasteiger partial charge >= 0.3 is 0 Å². The molecule has 17 heavy (non-hydrogen) atoms. The third-order valence-electron chi connectivity index (χ3n) is 2.99. The molecule has 1 N–H and O–H groups in total. The Hall–Kier alpha value is -1.18. The van der Waals surface area contributed by atoms with Crippen LogP contribution in [0.15, 0.2) is 18.2 Å². The van der Waals surface area contributed by atoms with Crippen molar-refractivity contribution in [2.75, 3.05) is 12.4 Å². The van der Waals surface area contributed by atoms with Crippen LogP contribution in [0.5, 0.6) is 5.75 Å². The molecular weight excluding hydrogens is 210 g/mol. The molecule has 0 bridgehead atoms. The number of hydrogen-bond acceptors (Lipinski definition) is 2. The Bertz CT molecular complexity index is 330. The number of aryl methyl sites for hydroxylation is 1. The largest absolute Gasteiger partial charge is 0.495 e. The standard InChI is InChI=1S/C15H25NO/c1-5-7-13(8-6-2)16-14-11-12(3)9-10-15(14)17-4/h9-11,13,16H,5-8H2,1-4H3. The summed E-state index contributed by atoms with van der Waals surface area (Å²) in [5, 5.41) is 3.62. The zero-order chi connectivity index (χ0) is 12.7. The summed E-state index contributed by atoms with van der Waals surface area (Å²) in [5.74, 6) is 0.938. The zero-order valence-corrected chi connectivity index (χ0v) is 11.5. The summed E-state index contributed by atoms with van der Waals surface area (Å²) in [6.45, 7) is 6.58. The molecule has 0 unspecified atom stereocenters. The van der Waals surface area contributed by atoms with Gasteiger partial charge in [0.05, 0.1) is 12.8 Å². The van der Waals surface area contributed by atoms with Crippen LogP contribution in [0.2, 0.25) is 0 Å². The summed E-state index contributed by atoms with van der Waals surface area (Å²) < 4.78 is 5.39. The Morgan fingerprint density at radius 3 is 2.35 bits per heavy atom. The molecule has 0 aliphatic rings. The number of anilines is 1. The average molecular weight is 235 g/mol. The molecule has 0 radical (unpaired) electrons. The molecule has 1 aromatic carbocycles. The van der Waals surface area contributed by atoms with Crippen LogP contribution in [0.1, 0.15) is 45.1 Å². The van der Waals surface area contributed by atoms with E-state index in [1.807, 2.05) is 6.07 Å². The van der Waals surface area contributed by atoms with Crippen LogP contribution < -0.4 is 10.1 Å². The van der Waals surface area contributed by atoms with E-state index in [0.29, 0.717) is 6.04 Å². The highest BCUT2D eigenvalue weighted by molar-refractivity contribution is 5.58. The van der Waals surface area contributed by atoms with Crippen molar-refractivity contribution < 1.29 is 4.74 Å². The van der Waals surface area contributed by atoms with Crippen molar-refractivity contribution in [3.8, 4) is 5.75 Å². The predicted molar refractivity (Wildman–Crippen MR) is 75.0 cm³/mol. The van der Waals surface area contributed by atoms with Gasteiger partial charge < -0.3 is 10.1 Å². The molecule has 2 nitrogen and oxygen atoms in total. The second kappa shape index (κ2) is 7.21. The highest BCUT2D eigenvalue weighted by Crippen LogP contribution is 2.27. The van der Waals surface area contributed by atoms with Gasteiger partial charge in [0.2, 0.25) is 0 Å². The van der Waals surface area contributed by atoms with Gasteiger partial charge in [0.15, 0.2) is 0 Å². The van der Waals surface area contributed by atoms with Crippen LogP contribution in [-0.2, 0) is 0 Å². The van der Waals surface area contributed by atoms with E-state index >= 15 is 0 Å². The average Bonchev–Trinajstić information content (AvgIpc) is 2.30. The fourth-order valence-electron chi connectivity index (χ4n) is 2.14. The second-order valence-corrected chi connectivity index (χ2v) is 4.62. The first-order valence-electron chi connectivity index (χ1n) is 6.62. The number of methoxy groups -OCH3 is 1. The summed E-state index contributed by atoms with van der Waals surface area (Å²) in [5.41, 5.74) is 2.39. The van der Waals surface area contributed by atoms with E-state index in [9.17, 15) is 0 Å². The van der Waals surface area contributed by atoms with Crippen LogP contribution in [0.25, 0.3) is 0 Å². The molecule has 0 heterocycles. The molecule has 0 saturated heterocycles. The van der Waals surface area contributed by atoms with E-state index in [1.54, 1.807) is 7.11 Å². The van der Waals surface area contributed by atoms with Gasteiger partial charge in [-0.3, -0.25) is 0 Å². The molecule has 96 valence electrons. The Balaban J connectivity index is 2.79. The van der Waals surface area contributed by atoms with Gasteiger partial charge in [-0.25, -0.2) is 0 Å². The molecule has 0 atom stereocenters. The minimum atomic E-state index is 0.556. The van der Waals surface area contributed by atoms with Crippen molar-refractivity contribution in [2.45, 2.75) is 52.5 Å². The third kappa shape index (κ3) is 4.29. The summed E-state index contributed by atoms with van der Waals surface area (Å²) >= 11 is 0. The Morgan fingerprint density at radius 1 is 1.18 bits per heavy atom. The topological polar surface area (TPSA) is 21.3 Å². The van der Waals surface area contributed by atoms with Crippen molar-refractivity contribution >= 4 is 5.69 Å². The minimum absolute atomic E-state index is 0.556. The van der Waals surface area contributed by atoms with E-state index in [4.69, 9.17) is 4.74 Å². The second-order valence-electron chi connectivity index (χ2n) is 4.62. The normalized spacial score (nSPS) is 10.6. The number of nitrogens with one attached hydrogen (secondary N) is 1. The lowest BCUT2D eigenvalue weighted by molar-refractivity contribution is 0.415. The first kappa shape index (κ1) is 13.9. The maximum Gasteiger partial charge on any atom is 0.141 e.